The van der Waals surface area contributed by atoms with Gasteiger partial charge < -0.3 is 19.7 Å². The molecule has 0 saturated carbocycles. The predicted octanol–water partition coefficient (Wildman–Crippen LogP) is 5.01. The zero-order valence-corrected chi connectivity index (χ0v) is 17.2. The van der Waals surface area contributed by atoms with Crippen LogP contribution in [0.15, 0.2) is 70.6 Å². The minimum Gasteiger partial charge on any atom is -0.507 e. The number of halogens is 1. The molecular formula is C23H21ClN2O4. The van der Waals surface area contributed by atoms with Crippen molar-refractivity contribution in [3.05, 3.63) is 82.4 Å². The molecule has 0 aliphatic rings. The number of hydrogen-bond acceptors (Lipinski definition) is 6. The first-order valence-corrected chi connectivity index (χ1v) is 9.44. The molecule has 0 aliphatic heterocycles. The Balaban J connectivity index is 1.99. The Bertz CT molecular complexity index is 1020. The van der Waals surface area contributed by atoms with Crippen LogP contribution in [-0.2, 0) is 0 Å². The number of phenolic OH excluding ortho intramolecular Hbond substituents is 2. The molecule has 0 fully saturated rings. The molecule has 3 aromatic carbocycles. The van der Waals surface area contributed by atoms with Gasteiger partial charge in [0.15, 0.2) is 6.17 Å². The van der Waals surface area contributed by atoms with Crippen LogP contribution < -0.4 is 9.47 Å². The third kappa shape index (κ3) is 5.10. The van der Waals surface area contributed by atoms with E-state index in [9.17, 15) is 10.2 Å². The first-order valence-electron chi connectivity index (χ1n) is 9.06. The standard InChI is InChI=1S/C23H21ClN2O4/c1-29-17-7-9-21(27)15(11-17)13-25-23(19-5-3-4-6-20(19)24)26-14-16-12-18(30-2)8-10-22(16)28/h3-14,23,27-28H,1-2H3/b25-13+,26-14+. The highest BCUT2D eigenvalue weighted by molar-refractivity contribution is 6.31. The molecule has 0 saturated heterocycles. The van der Waals surface area contributed by atoms with Crippen molar-refractivity contribution in [3.8, 4) is 23.0 Å². The first kappa shape index (κ1) is 21.2. The lowest BCUT2D eigenvalue weighted by atomic mass is 10.1. The van der Waals surface area contributed by atoms with E-state index in [0.717, 1.165) is 0 Å². The van der Waals surface area contributed by atoms with Gasteiger partial charge in [-0.2, -0.15) is 0 Å². The number of benzene rings is 3. The van der Waals surface area contributed by atoms with Gasteiger partial charge >= 0.3 is 0 Å². The Kier molecular flexibility index (Phi) is 6.93. The summed E-state index contributed by atoms with van der Waals surface area (Å²) in [4.78, 5) is 9.03. The quantitative estimate of drug-likeness (QED) is 0.522. The first-order chi connectivity index (χ1) is 14.5. The van der Waals surface area contributed by atoms with Gasteiger partial charge in [-0.25, -0.2) is 0 Å². The average Bonchev–Trinajstić information content (AvgIpc) is 2.76. The second-order valence-electron chi connectivity index (χ2n) is 6.30. The number of aromatic hydroxyl groups is 2. The molecule has 0 spiro atoms. The normalized spacial score (nSPS) is 11.5. The second kappa shape index (κ2) is 9.80. The number of ether oxygens (including phenoxy) is 2. The van der Waals surface area contributed by atoms with Gasteiger partial charge in [0.25, 0.3) is 0 Å². The minimum absolute atomic E-state index is 0.0619. The second-order valence-corrected chi connectivity index (χ2v) is 6.71. The Morgan fingerprint density at radius 1 is 0.800 bits per heavy atom. The number of methoxy groups -OCH3 is 2. The van der Waals surface area contributed by atoms with E-state index in [1.165, 1.54) is 24.6 Å². The molecule has 6 nitrogen and oxygen atoms in total. The number of aliphatic imine (C=N–C) groups is 2. The fourth-order valence-electron chi connectivity index (χ4n) is 2.71. The van der Waals surface area contributed by atoms with Crippen molar-refractivity contribution in [1.29, 1.82) is 0 Å². The highest BCUT2D eigenvalue weighted by Crippen LogP contribution is 2.29. The van der Waals surface area contributed by atoms with Crippen LogP contribution in [0.5, 0.6) is 23.0 Å². The summed E-state index contributed by atoms with van der Waals surface area (Å²) >= 11 is 6.35. The van der Waals surface area contributed by atoms with Gasteiger partial charge in [-0.05, 0) is 42.5 Å². The maximum atomic E-state index is 10.1. The lowest BCUT2D eigenvalue weighted by Gasteiger charge is -2.11. The number of nitrogens with zero attached hydrogens (tertiary/aromatic N) is 2. The van der Waals surface area contributed by atoms with Crippen molar-refractivity contribution < 1.29 is 19.7 Å². The molecule has 0 unspecified atom stereocenters. The van der Waals surface area contributed by atoms with Crippen molar-refractivity contribution in [2.45, 2.75) is 6.17 Å². The largest absolute Gasteiger partial charge is 0.507 e. The summed E-state index contributed by atoms with van der Waals surface area (Å²) in [5, 5.41) is 20.7. The van der Waals surface area contributed by atoms with Gasteiger partial charge in [0.1, 0.15) is 23.0 Å². The molecule has 0 heterocycles. The van der Waals surface area contributed by atoms with Gasteiger partial charge in [-0.3, -0.25) is 9.98 Å². The molecular weight excluding hydrogens is 404 g/mol. The summed E-state index contributed by atoms with van der Waals surface area (Å²) in [7, 11) is 3.09. The monoisotopic (exact) mass is 424 g/mol. The molecule has 3 rings (SSSR count). The Morgan fingerprint density at radius 3 is 1.77 bits per heavy atom. The van der Waals surface area contributed by atoms with E-state index in [1.807, 2.05) is 18.2 Å². The van der Waals surface area contributed by atoms with Crippen LogP contribution in [0.4, 0.5) is 0 Å². The van der Waals surface area contributed by atoms with Gasteiger partial charge in [-0.1, -0.05) is 29.8 Å². The Morgan fingerprint density at radius 2 is 1.30 bits per heavy atom. The molecule has 0 aromatic heterocycles. The number of hydrogen-bond donors (Lipinski definition) is 2. The maximum Gasteiger partial charge on any atom is 0.166 e. The van der Waals surface area contributed by atoms with E-state index >= 15 is 0 Å². The van der Waals surface area contributed by atoms with Gasteiger partial charge in [-0.15, -0.1) is 0 Å². The van der Waals surface area contributed by atoms with Gasteiger partial charge in [0, 0.05) is 34.1 Å². The van der Waals surface area contributed by atoms with Crippen LogP contribution in [0.25, 0.3) is 0 Å². The van der Waals surface area contributed by atoms with Crippen molar-refractivity contribution in [2.24, 2.45) is 9.98 Å². The maximum absolute atomic E-state index is 10.1. The molecule has 0 bridgehead atoms. The highest BCUT2D eigenvalue weighted by Gasteiger charge is 2.12. The lowest BCUT2D eigenvalue weighted by Crippen LogP contribution is -1.97. The van der Waals surface area contributed by atoms with Crippen LogP contribution in [0.3, 0.4) is 0 Å². The third-order valence-electron chi connectivity index (χ3n) is 4.36. The summed E-state index contributed by atoms with van der Waals surface area (Å²) in [6.07, 6.45) is 2.32. The third-order valence-corrected chi connectivity index (χ3v) is 4.71. The van der Waals surface area contributed by atoms with Crippen LogP contribution >= 0.6 is 11.6 Å². The molecule has 7 heteroatoms. The summed E-state index contributed by atoms with van der Waals surface area (Å²) in [5.41, 5.74) is 1.63. The topological polar surface area (TPSA) is 83.6 Å². The zero-order valence-electron chi connectivity index (χ0n) is 16.5. The van der Waals surface area contributed by atoms with Gasteiger partial charge in [0.05, 0.1) is 14.2 Å². The molecule has 0 aliphatic carbocycles. The molecule has 0 atom stereocenters. The fraction of sp³-hybridized carbons (Fsp3) is 0.130. The van der Waals surface area contributed by atoms with E-state index in [4.69, 9.17) is 21.1 Å². The number of rotatable bonds is 7. The molecule has 0 radical (unpaired) electrons. The van der Waals surface area contributed by atoms with Crippen molar-refractivity contribution in [2.75, 3.05) is 14.2 Å². The van der Waals surface area contributed by atoms with Crippen molar-refractivity contribution >= 4 is 24.0 Å². The molecule has 3 aromatic rings. The Hall–Kier alpha value is -3.51. The molecule has 154 valence electrons. The highest BCUT2D eigenvalue weighted by atomic mass is 35.5. The van der Waals surface area contributed by atoms with E-state index in [0.29, 0.717) is 33.2 Å². The minimum atomic E-state index is -0.699. The van der Waals surface area contributed by atoms with Crippen molar-refractivity contribution in [3.63, 3.8) is 0 Å². The van der Waals surface area contributed by atoms with E-state index in [1.54, 1.807) is 44.6 Å². The Labute approximate surface area is 179 Å². The molecule has 30 heavy (non-hydrogen) atoms. The van der Waals surface area contributed by atoms with Crippen LogP contribution in [-0.4, -0.2) is 36.9 Å². The molecule has 2 N–H and O–H groups in total. The van der Waals surface area contributed by atoms with Crippen LogP contribution in [0, 0.1) is 0 Å². The fourth-order valence-corrected chi connectivity index (χ4v) is 2.94. The summed E-state index contributed by atoms with van der Waals surface area (Å²) < 4.78 is 10.4. The predicted molar refractivity (Wildman–Crippen MR) is 119 cm³/mol. The van der Waals surface area contributed by atoms with Gasteiger partial charge in [0.2, 0.25) is 0 Å². The zero-order chi connectivity index (χ0) is 21.5. The lowest BCUT2D eigenvalue weighted by molar-refractivity contribution is 0.412. The summed E-state index contributed by atoms with van der Waals surface area (Å²) in [6.45, 7) is 0. The van der Waals surface area contributed by atoms with Crippen LogP contribution in [0.2, 0.25) is 5.02 Å². The van der Waals surface area contributed by atoms with Crippen molar-refractivity contribution in [1.82, 2.24) is 0 Å². The average molecular weight is 425 g/mol. The van der Waals surface area contributed by atoms with Crippen LogP contribution in [0.1, 0.15) is 22.9 Å². The molecule has 0 amide bonds. The number of phenols is 2. The summed E-state index contributed by atoms with van der Waals surface area (Å²) in [5.74, 6) is 1.31. The smallest absolute Gasteiger partial charge is 0.166 e. The van der Waals surface area contributed by atoms with E-state index in [2.05, 4.69) is 9.98 Å². The van der Waals surface area contributed by atoms with E-state index < -0.39 is 6.17 Å². The SMILES string of the molecule is COc1ccc(O)c(/C=N/C(/N=C/c2cc(OC)ccc2O)c2ccccc2Cl)c1. The van der Waals surface area contributed by atoms with E-state index in [-0.39, 0.29) is 11.5 Å². The summed E-state index contributed by atoms with van der Waals surface area (Å²) in [6, 6.07) is 16.9.